The quantitative estimate of drug-likeness (QED) is 0.578. The van der Waals surface area contributed by atoms with Crippen LogP contribution in [0.15, 0.2) is 59.3 Å². The monoisotopic (exact) mass is 462 g/mol. The van der Waals surface area contributed by atoms with Gasteiger partial charge in [-0.1, -0.05) is 39.7 Å². The highest BCUT2D eigenvalue weighted by Gasteiger charge is 2.26. The smallest absolute Gasteiger partial charge is 0.255 e. The maximum atomic E-state index is 14.2. The third-order valence-electron chi connectivity index (χ3n) is 4.74. The van der Waals surface area contributed by atoms with E-state index in [1.54, 1.807) is 58.3 Å². The molecule has 5 nitrogen and oxygen atoms in total. The summed E-state index contributed by atoms with van der Waals surface area (Å²) in [4.78, 5) is 21.1. The fourth-order valence-electron chi connectivity index (χ4n) is 3.31. The van der Waals surface area contributed by atoms with Crippen LogP contribution in [0.1, 0.15) is 10.4 Å². The van der Waals surface area contributed by atoms with Crippen LogP contribution < -0.4 is 4.90 Å². The van der Waals surface area contributed by atoms with Gasteiger partial charge in [-0.3, -0.25) is 9.36 Å². The summed E-state index contributed by atoms with van der Waals surface area (Å²) >= 11 is 9.58. The third kappa shape index (κ3) is 3.64. The molecule has 1 fully saturated rings. The highest BCUT2D eigenvalue weighted by Crippen LogP contribution is 2.25. The van der Waals surface area contributed by atoms with Crippen molar-refractivity contribution < 1.29 is 9.18 Å². The van der Waals surface area contributed by atoms with Crippen molar-refractivity contribution >= 4 is 39.4 Å². The molecule has 4 rings (SSSR count). The van der Waals surface area contributed by atoms with E-state index in [0.717, 1.165) is 4.47 Å². The largest absolute Gasteiger partial charge is 0.338 e. The number of aromatic nitrogens is 2. The van der Waals surface area contributed by atoms with Gasteiger partial charge in [0.2, 0.25) is 5.95 Å². The zero-order chi connectivity index (χ0) is 19.7. The van der Waals surface area contributed by atoms with E-state index in [1.165, 1.54) is 6.07 Å². The number of carbonyl (C=O) groups excluding carboxylic acids is 1. The zero-order valence-electron chi connectivity index (χ0n) is 14.9. The molecule has 144 valence electrons. The molecule has 0 saturated carbocycles. The van der Waals surface area contributed by atoms with E-state index in [9.17, 15) is 9.18 Å². The van der Waals surface area contributed by atoms with Gasteiger partial charge in [0.05, 0.1) is 16.3 Å². The van der Waals surface area contributed by atoms with Crippen LogP contribution in [0.3, 0.4) is 0 Å². The zero-order valence-corrected chi connectivity index (χ0v) is 17.2. The number of para-hydroxylation sites is 1. The average Bonchev–Trinajstić information content (AvgIpc) is 3.19. The second-order valence-corrected chi connectivity index (χ2v) is 7.77. The Hall–Kier alpha value is -2.38. The van der Waals surface area contributed by atoms with Crippen LogP contribution in [0.2, 0.25) is 5.02 Å². The third-order valence-corrected chi connectivity index (χ3v) is 5.56. The molecule has 0 aliphatic carbocycles. The van der Waals surface area contributed by atoms with Crippen molar-refractivity contribution in [2.45, 2.75) is 0 Å². The van der Waals surface area contributed by atoms with Gasteiger partial charge in [-0.2, -0.15) is 0 Å². The van der Waals surface area contributed by atoms with E-state index in [4.69, 9.17) is 11.6 Å². The summed E-state index contributed by atoms with van der Waals surface area (Å²) in [6.07, 6.45) is 3.40. The van der Waals surface area contributed by atoms with E-state index in [1.807, 2.05) is 0 Å². The fourth-order valence-corrected chi connectivity index (χ4v) is 3.87. The van der Waals surface area contributed by atoms with Crippen molar-refractivity contribution in [2.75, 3.05) is 31.1 Å². The Morgan fingerprint density at radius 1 is 1.11 bits per heavy atom. The summed E-state index contributed by atoms with van der Waals surface area (Å²) in [5.41, 5.74) is 0.937. The van der Waals surface area contributed by atoms with E-state index in [-0.39, 0.29) is 11.7 Å². The SMILES string of the molecule is O=C(c1cc(Br)ccc1Cl)N1CCN(c2nccn2-c2ccccc2F)CC1. The van der Waals surface area contributed by atoms with Crippen LogP contribution in [0, 0.1) is 5.82 Å². The number of imidazole rings is 1. The molecular formula is C20H17BrClFN4O. The normalized spacial score (nSPS) is 14.4. The first-order valence-corrected chi connectivity index (χ1v) is 9.99. The molecule has 1 aliphatic heterocycles. The molecule has 2 heterocycles. The predicted molar refractivity (Wildman–Crippen MR) is 111 cm³/mol. The average molecular weight is 464 g/mol. The number of nitrogens with zero attached hydrogens (tertiary/aromatic N) is 4. The van der Waals surface area contributed by atoms with Gasteiger partial charge in [0, 0.05) is 43.0 Å². The van der Waals surface area contributed by atoms with Crippen LogP contribution in [0.25, 0.3) is 5.69 Å². The van der Waals surface area contributed by atoms with Crippen molar-refractivity contribution in [1.82, 2.24) is 14.5 Å². The number of amides is 1. The highest BCUT2D eigenvalue weighted by molar-refractivity contribution is 9.10. The first-order chi connectivity index (χ1) is 13.5. The molecule has 0 unspecified atom stereocenters. The summed E-state index contributed by atoms with van der Waals surface area (Å²) in [5, 5.41) is 0.436. The van der Waals surface area contributed by atoms with Crippen LogP contribution in [-0.2, 0) is 0 Å². The molecule has 1 saturated heterocycles. The minimum atomic E-state index is -0.306. The minimum absolute atomic E-state index is 0.0941. The molecule has 0 bridgehead atoms. The first kappa shape index (κ1) is 19.0. The maximum Gasteiger partial charge on any atom is 0.255 e. The fraction of sp³-hybridized carbons (Fsp3) is 0.200. The number of halogens is 3. The van der Waals surface area contributed by atoms with Crippen molar-refractivity contribution in [2.24, 2.45) is 0 Å². The lowest BCUT2D eigenvalue weighted by Crippen LogP contribution is -2.49. The summed E-state index contributed by atoms with van der Waals surface area (Å²) < 4.78 is 16.7. The van der Waals surface area contributed by atoms with E-state index in [2.05, 4.69) is 25.8 Å². The number of carbonyl (C=O) groups is 1. The number of anilines is 1. The summed E-state index contributed by atoms with van der Waals surface area (Å²) in [6.45, 7) is 2.27. The van der Waals surface area contributed by atoms with Crippen LogP contribution in [0.4, 0.5) is 10.3 Å². The number of benzene rings is 2. The van der Waals surface area contributed by atoms with Gasteiger partial charge in [0.15, 0.2) is 0 Å². The van der Waals surface area contributed by atoms with Crippen molar-refractivity contribution in [3.05, 3.63) is 75.7 Å². The molecule has 1 amide bonds. The van der Waals surface area contributed by atoms with E-state index < -0.39 is 0 Å². The Balaban J connectivity index is 1.50. The Morgan fingerprint density at radius 2 is 1.86 bits per heavy atom. The highest BCUT2D eigenvalue weighted by atomic mass is 79.9. The molecule has 0 radical (unpaired) electrons. The molecule has 3 aromatic rings. The topological polar surface area (TPSA) is 41.4 Å². The predicted octanol–water partition coefficient (Wildman–Crippen LogP) is 4.39. The molecular weight excluding hydrogens is 447 g/mol. The van der Waals surface area contributed by atoms with Gasteiger partial charge in [0.1, 0.15) is 5.82 Å². The Kier molecular flexibility index (Phi) is 5.37. The minimum Gasteiger partial charge on any atom is -0.338 e. The number of hydrogen-bond acceptors (Lipinski definition) is 3. The van der Waals surface area contributed by atoms with E-state index in [0.29, 0.717) is 48.4 Å². The van der Waals surface area contributed by atoms with Crippen LogP contribution in [0.5, 0.6) is 0 Å². The summed E-state index contributed by atoms with van der Waals surface area (Å²) in [6, 6.07) is 11.8. The second-order valence-electron chi connectivity index (χ2n) is 6.45. The molecule has 2 aromatic carbocycles. The second kappa shape index (κ2) is 7.93. The maximum absolute atomic E-state index is 14.2. The first-order valence-electron chi connectivity index (χ1n) is 8.82. The summed E-state index contributed by atoms with van der Waals surface area (Å²) in [7, 11) is 0. The lowest BCUT2D eigenvalue weighted by molar-refractivity contribution is 0.0746. The van der Waals surface area contributed by atoms with Gasteiger partial charge in [0.25, 0.3) is 5.91 Å². The number of piperazine rings is 1. The lowest BCUT2D eigenvalue weighted by atomic mass is 10.2. The van der Waals surface area contributed by atoms with Gasteiger partial charge in [-0.25, -0.2) is 9.37 Å². The Bertz CT molecular complexity index is 1020. The van der Waals surface area contributed by atoms with Gasteiger partial charge in [-0.15, -0.1) is 0 Å². The molecule has 1 aliphatic rings. The van der Waals surface area contributed by atoms with Crippen molar-refractivity contribution in [3.63, 3.8) is 0 Å². The van der Waals surface area contributed by atoms with Crippen LogP contribution in [-0.4, -0.2) is 46.5 Å². The van der Waals surface area contributed by atoms with Crippen molar-refractivity contribution in [1.29, 1.82) is 0 Å². The van der Waals surface area contributed by atoms with E-state index >= 15 is 0 Å². The number of hydrogen-bond donors (Lipinski definition) is 0. The Morgan fingerprint density at radius 3 is 2.61 bits per heavy atom. The molecule has 0 spiro atoms. The molecule has 0 N–H and O–H groups in total. The summed E-state index contributed by atoms with van der Waals surface area (Å²) in [5.74, 6) is 0.265. The van der Waals surface area contributed by atoms with Crippen LogP contribution >= 0.6 is 27.5 Å². The molecule has 8 heteroatoms. The van der Waals surface area contributed by atoms with Gasteiger partial charge in [-0.05, 0) is 30.3 Å². The lowest BCUT2D eigenvalue weighted by Gasteiger charge is -2.35. The number of rotatable bonds is 3. The standard InChI is InChI=1S/C20H17BrClFN4O/c21-14-5-6-16(22)15(13-14)19(28)25-9-11-26(12-10-25)20-24-7-8-27(20)18-4-2-1-3-17(18)23/h1-8,13H,9-12H2. The molecule has 1 aromatic heterocycles. The van der Waals surface area contributed by atoms with Gasteiger partial charge < -0.3 is 9.80 Å². The molecule has 28 heavy (non-hydrogen) atoms. The van der Waals surface area contributed by atoms with Crippen molar-refractivity contribution in [3.8, 4) is 5.69 Å². The van der Waals surface area contributed by atoms with Gasteiger partial charge >= 0.3 is 0 Å². The Labute approximate surface area is 175 Å². The molecule has 0 atom stereocenters.